The maximum atomic E-state index is 12.6. The lowest BCUT2D eigenvalue weighted by molar-refractivity contribution is 0.122. The fourth-order valence-corrected chi connectivity index (χ4v) is 4.16. The van der Waals surface area contributed by atoms with Gasteiger partial charge < -0.3 is 9.64 Å². The van der Waals surface area contributed by atoms with Crippen molar-refractivity contribution in [2.24, 2.45) is 0 Å². The number of anilines is 2. The van der Waals surface area contributed by atoms with E-state index in [1.807, 2.05) is 36.1 Å². The van der Waals surface area contributed by atoms with E-state index in [-0.39, 0.29) is 5.75 Å². The summed E-state index contributed by atoms with van der Waals surface area (Å²) in [5, 5.41) is 0. The van der Waals surface area contributed by atoms with Crippen molar-refractivity contribution >= 4 is 21.7 Å². The molecule has 0 amide bonds. The number of aromatic nitrogens is 2. The second-order valence-electron chi connectivity index (χ2n) is 6.52. The standard InChI is InChI=1S/C18H24N4O3S/c1-13-4-6-16(7-5-13)12-26(23,24)21-17-14(2)19-18(20-15(17)3)22-8-10-25-11-9-22/h4-7,21H,8-12H2,1-3H3. The highest BCUT2D eigenvalue weighted by Crippen LogP contribution is 2.23. The van der Waals surface area contributed by atoms with Gasteiger partial charge in [-0.1, -0.05) is 29.8 Å². The summed E-state index contributed by atoms with van der Waals surface area (Å²) in [5.41, 5.74) is 3.52. The second kappa shape index (κ2) is 7.59. The smallest absolute Gasteiger partial charge is 0.237 e. The van der Waals surface area contributed by atoms with Crippen LogP contribution in [0, 0.1) is 20.8 Å². The van der Waals surface area contributed by atoms with Crippen molar-refractivity contribution < 1.29 is 13.2 Å². The van der Waals surface area contributed by atoms with Crippen LogP contribution in [0.15, 0.2) is 24.3 Å². The van der Waals surface area contributed by atoms with Gasteiger partial charge in [-0.25, -0.2) is 18.4 Å². The Labute approximate surface area is 154 Å². The average Bonchev–Trinajstić information content (AvgIpc) is 2.60. The summed E-state index contributed by atoms with van der Waals surface area (Å²) in [5.74, 6) is 0.530. The summed E-state index contributed by atoms with van der Waals surface area (Å²) < 4.78 is 33.1. The van der Waals surface area contributed by atoms with Crippen LogP contribution in [-0.2, 0) is 20.5 Å². The van der Waals surface area contributed by atoms with Gasteiger partial charge in [0.05, 0.1) is 36.0 Å². The number of rotatable bonds is 5. The quantitative estimate of drug-likeness (QED) is 0.861. The lowest BCUT2D eigenvalue weighted by atomic mass is 10.2. The van der Waals surface area contributed by atoms with E-state index < -0.39 is 10.0 Å². The minimum absolute atomic E-state index is 0.0859. The third kappa shape index (κ3) is 4.50. The van der Waals surface area contributed by atoms with Crippen LogP contribution in [0.5, 0.6) is 0 Å². The molecule has 8 heteroatoms. The Morgan fingerprint density at radius 2 is 1.62 bits per heavy atom. The molecule has 1 aromatic carbocycles. The van der Waals surface area contributed by atoms with Crippen molar-refractivity contribution in [3.05, 3.63) is 46.8 Å². The van der Waals surface area contributed by atoms with Crippen LogP contribution in [0.3, 0.4) is 0 Å². The van der Waals surface area contributed by atoms with Crippen LogP contribution in [0.2, 0.25) is 0 Å². The normalized spacial score (nSPS) is 15.1. The molecule has 0 bridgehead atoms. The summed E-state index contributed by atoms with van der Waals surface area (Å²) in [6.45, 7) is 8.31. The van der Waals surface area contributed by atoms with Crippen molar-refractivity contribution in [3.63, 3.8) is 0 Å². The Balaban J connectivity index is 1.79. The van der Waals surface area contributed by atoms with Crippen LogP contribution in [0.1, 0.15) is 22.5 Å². The predicted molar refractivity (Wildman–Crippen MR) is 102 cm³/mol. The first-order valence-corrected chi connectivity index (χ1v) is 10.2. The highest BCUT2D eigenvalue weighted by Gasteiger charge is 2.20. The highest BCUT2D eigenvalue weighted by molar-refractivity contribution is 7.91. The van der Waals surface area contributed by atoms with Gasteiger partial charge in [0.2, 0.25) is 16.0 Å². The fourth-order valence-electron chi connectivity index (χ4n) is 2.85. The number of nitrogens with one attached hydrogen (secondary N) is 1. The Hall–Kier alpha value is -2.19. The number of ether oxygens (including phenoxy) is 1. The van der Waals surface area contributed by atoms with Gasteiger partial charge in [-0.05, 0) is 26.3 Å². The van der Waals surface area contributed by atoms with Crippen molar-refractivity contribution in [2.45, 2.75) is 26.5 Å². The summed E-state index contributed by atoms with van der Waals surface area (Å²) in [4.78, 5) is 11.0. The first-order chi connectivity index (χ1) is 12.3. The van der Waals surface area contributed by atoms with Crippen LogP contribution < -0.4 is 9.62 Å². The van der Waals surface area contributed by atoms with Gasteiger partial charge >= 0.3 is 0 Å². The van der Waals surface area contributed by atoms with Crippen molar-refractivity contribution in [3.8, 4) is 0 Å². The molecule has 0 aliphatic carbocycles. The molecule has 1 fully saturated rings. The molecule has 3 rings (SSSR count). The lowest BCUT2D eigenvalue weighted by Crippen LogP contribution is -2.37. The monoisotopic (exact) mass is 376 g/mol. The van der Waals surface area contributed by atoms with Gasteiger partial charge in [0, 0.05) is 13.1 Å². The van der Waals surface area contributed by atoms with Gasteiger partial charge in [-0.3, -0.25) is 4.72 Å². The number of sulfonamides is 1. The van der Waals surface area contributed by atoms with Crippen LogP contribution in [0.25, 0.3) is 0 Å². The summed E-state index contributed by atoms with van der Waals surface area (Å²) >= 11 is 0. The zero-order valence-corrected chi connectivity index (χ0v) is 16.1. The molecule has 2 aromatic rings. The molecule has 1 aliphatic rings. The van der Waals surface area contributed by atoms with E-state index in [1.54, 1.807) is 13.8 Å². The lowest BCUT2D eigenvalue weighted by Gasteiger charge is -2.27. The van der Waals surface area contributed by atoms with E-state index in [4.69, 9.17) is 4.74 Å². The van der Waals surface area contributed by atoms with Crippen LogP contribution >= 0.6 is 0 Å². The average molecular weight is 376 g/mol. The van der Waals surface area contributed by atoms with E-state index in [0.717, 1.165) is 24.2 Å². The minimum atomic E-state index is -3.55. The van der Waals surface area contributed by atoms with E-state index in [2.05, 4.69) is 14.7 Å². The molecule has 2 heterocycles. The maximum Gasteiger partial charge on any atom is 0.237 e. The van der Waals surface area contributed by atoms with Crippen LogP contribution in [-0.4, -0.2) is 44.7 Å². The summed E-state index contributed by atoms with van der Waals surface area (Å²) in [7, 11) is -3.55. The second-order valence-corrected chi connectivity index (χ2v) is 8.24. The molecular formula is C18H24N4O3S. The highest BCUT2D eigenvalue weighted by atomic mass is 32.2. The van der Waals surface area contributed by atoms with E-state index in [9.17, 15) is 8.42 Å². The number of benzene rings is 1. The van der Waals surface area contributed by atoms with Gasteiger partial charge in [-0.15, -0.1) is 0 Å². The van der Waals surface area contributed by atoms with Crippen molar-refractivity contribution in [2.75, 3.05) is 35.9 Å². The molecule has 0 unspecified atom stereocenters. The first kappa shape index (κ1) is 18.6. The number of nitrogens with zero attached hydrogens (tertiary/aromatic N) is 3. The topological polar surface area (TPSA) is 84.4 Å². The van der Waals surface area contributed by atoms with E-state index in [0.29, 0.717) is 36.2 Å². The van der Waals surface area contributed by atoms with Gasteiger partial charge in [0.25, 0.3) is 0 Å². The van der Waals surface area contributed by atoms with Crippen LogP contribution in [0.4, 0.5) is 11.6 Å². The number of hydrogen-bond acceptors (Lipinski definition) is 6. The first-order valence-electron chi connectivity index (χ1n) is 8.58. The molecular weight excluding hydrogens is 352 g/mol. The molecule has 1 aliphatic heterocycles. The maximum absolute atomic E-state index is 12.6. The number of aryl methyl sites for hydroxylation is 3. The molecule has 0 spiro atoms. The largest absolute Gasteiger partial charge is 0.378 e. The molecule has 140 valence electrons. The minimum Gasteiger partial charge on any atom is -0.378 e. The Kier molecular flexibility index (Phi) is 5.43. The molecule has 1 aromatic heterocycles. The number of hydrogen-bond donors (Lipinski definition) is 1. The summed E-state index contributed by atoms with van der Waals surface area (Å²) in [6, 6.07) is 7.46. The Bertz CT molecular complexity index is 853. The van der Waals surface area contributed by atoms with E-state index in [1.165, 1.54) is 0 Å². The molecule has 26 heavy (non-hydrogen) atoms. The zero-order valence-electron chi connectivity index (χ0n) is 15.3. The molecule has 0 atom stereocenters. The Morgan fingerprint density at radius 3 is 2.19 bits per heavy atom. The van der Waals surface area contributed by atoms with Crippen molar-refractivity contribution in [1.82, 2.24) is 9.97 Å². The molecule has 1 N–H and O–H groups in total. The SMILES string of the molecule is Cc1ccc(CS(=O)(=O)Nc2c(C)nc(N3CCOCC3)nc2C)cc1. The molecule has 0 saturated carbocycles. The van der Waals surface area contributed by atoms with Gasteiger partial charge in [0.15, 0.2) is 0 Å². The van der Waals surface area contributed by atoms with Gasteiger partial charge in [-0.2, -0.15) is 0 Å². The third-order valence-corrected chi connectivity index (χ3v) is 5.52. The molecule has 1 saturated heterocycles. The number of morpholine rings is 1. The Morgan fingerprint density at radius 1 is 1.04 bits per heavy atom. The predicted octanol–water partition coefficient (Wildman–Crippen LogP) is 2.18. The zero-order chi connectivity index (χ0) is 18.7. The molecule has 7 nitrogen and oxygen atoms in total. The third-order valence-electron chi connectivity index (χ3n) is 4.29. The van der Waals surface area contributed by atoms with E-state index >= 15 is 0 Å². The van der Waals surface area contributed by atoms with Crippen molar-refractivity contribution in [1.29, 1.82) is 0 Å². The fraction of sp³-hybridized carbons (Fsp3) is 0.444. The molecule has 0 radical (unpaired) electrons. The summed E-state index contributed by atoms with van der Waals surface area (Å²) in [6.07, 6.45) is 0. The van der Waals surface area contributed by atoms with Gasteiger partial charge in [0.1, 0.15) is 0 Å².